The first-order valence-corrected chi connectivity index (χ1v) is 9.73. The number of anilines is 1. The molecule has 0 aliphatic heterocycles. The molecule has 1 aromatic rings. The van der Waals surface area contributed by atoms with Crippen molar-refractivity contribution in [3.05, 3.63) is 29.3 Å². The largest absolute Gasteiger partial charge is 0.356 e. The first-order valence-electron chi connectivity index (χ1n) is 9.73. The average Bonchev–Trinajstić information content (AvgIpc) is 3.39. The molecule has 0 heterocycles. The van der Waals surface area contributed by atoms with Crippen LogP contribution < -0.4 is 10.6 Å². The molecule has 0 radical (unpaired) electrons. The van der Waals surface area contributed by atoms with E-state index in [1.165, 1.54) is 0 Å². The fraction of sp³-hybridized carbons (Fsp3) is 0.619. The molecule has 2 amide bonds. The van der Waals surface area contributed by atoms with Crippen molar-refractivity contribution in [2.45, 2.75) is 59.4 Å². The molecule has 2 rings (SSSR count). The summed E-state index contributed by atoms with van der Waals surface area (Å²) >= 11 is 0. The van der Waals surface area contributed by atoms with Gasteiger partial charge in [-0.2, -0.15) is 0 Å². The number of amides is 2. The quantitative estimate of drug-likeness (QED) is 0.674. The molecular weight excluding hydrogens is 326 g/mol. The number of hydrogen-bond acceptors (Lipinski definition) is 3. The molecule has 0 aromatic heterocycles. The summed E-state index contributed by atoms with van der Waals surface area (Å²) in [6, 6.07) is 6.50. The summed E-state index contributed by atoms with van der Waals surface area (Å²) in [6.07, 6.45) is 3.68. The maximum absolute atomic E-state index is 12.5. The molecular formula is C21H33N3O2. The standard InChI is InChI=1S/C21H33N3O2/c1-15(2)9-11-22-20(25)10-12-24(18-7-8-18)14-21(26)23-19-13-16(3)5-6-17(19)4/h5-6,13,15,18H,7-12,14H2,1-4H3,(H,22,25)(H,23,26). The van der Waals surface area contributed by atoms with Crippen LogP contribution in [0.1, 0.15) is 50.7 Å². The van der Waals surface area contributed by atoms with E-state index in [0.717, 1.165) is 42.6 Å². The topological polar surface area (TPSA) is 61.4 Å². The maximum Gasteiger partial charge on any atom is 0.238 e. The minimum atomic E-state index is -0.00850. The summed E-state index contributed by atoms with van der Waals surface area (Å²) in [7, 11) is 0. The van der Waals surface area contributed by atoms with Crippen molar-refractivity contribution < 1.29 is 9.59 Å². The van der Waals surface area contributed by atoms with Gasteiger partial charge in [0.25, 0.3) is 0 Å². The number of carbonyl (C=O) groups is 2. The summed E-state index contributed by atoms with van der Waals surface area (Å²) in [5.74, 6) is 0.657. The number of carbonyl (C=O) groups excluding carboxylic acids is 2. The summed E-state index contributed by atoms with van der Waals surface area (Å²) in [5, 5.41) is 5.99. The van der Waals surface area contributed by atoms with Gasteiger partial charge < -0.3 is 10.6 Å². The summed E-state index contributed by atoms with van der Waals surface area (Å²) in [4.78, 5) is 26.6. The monoisotopic (exact) mass is 359 g/mol. The third-order valence-corrected chi connectivity index (χ3v) is 4.75. The highest BCUT2D eigenvalue weighted by molar-refractivity contribution is 5.93. The van der Waals surface area contributed by atoms with Gasteiger partial charge in [0.1, 0.15) is 0 Å². The Bertz CT molecular complexity index is 624. The molecule has 144 valence electrons. The number of benzene rings is 1. The van der Waals surface area contributed by atoms with Gasteiger partial charge in [0.15, 0.2) is 0 Å². The van der Waals surface area contributed by atoms with E-state index >= 15 is 0 Å². The Morgan fingerprint density at radius 1 is 1.19 bits per heavy atom. The van der Waals surface area contributed by atoms with Gasteiger partial charge in [-0.15, -0.1) is 0 Å². The van der Waals surface area contributed by atoms with Crippen molar-refractivity contribution in [3.8, 4) is 0 Å². The average molecular weight is 360 g/mol. The van der Waals surface area contributed by atoms with Crippen LogP contribution in [0, 0.1) is 19.8 Å². The molecule has 5 nitrogen and oxygen atoms in total. The molecule has 0 bridgehead atoms. The Morgan fingerprint density at radius 2 is 1.92 bits per heavy atom. The molecule has 0 saturated heterocycles. The SMILES string of the molecule is Cc1ccc(C)c(NC(=O)CN(CCC(=O)NCCC(C)C)C2CC2)c1. The van der Waals surface area contributed by atoms with Gasteiger partial charge in [-0.3, -0.25) is 14.5 Å². The van der Waals surface area contributed by atoms with Crippen molar-refractivity contribution in [2.75, 3.05) is 25.0 Å². The number of nitrogens with one attached hydrogen (secondary N) is 2. The molecule has 26 heavy (non-hydrogen) atoms. The zero-order valence-corrected chi connectivity index (χ0v) is 16.6. The zero-order chi connectivity index (χ0) is 19.1. The van der Waals surface area contributed by atoms with Crippen LogP contribution in [0.25, 0.3) is 0 Å². The molecule has 1 saturated carbocycles. The highest BCUT2D eigenvalue weighted by Crippen LogP contribution is 2.27. The summed E-state index contributed by atoms with van der Waals surface area (Å²) in [5.41, 5.74) is 3.06. The Hall–Kier alpha value is -1.88. The lowest BCUT2D eigenvalue weighted by atomic mass is 10.1. The van der Waals surface area contributed by atoms with E-state index in [4.69, 9.17) is 0 Å². The third-order valence-electron chi connectivity index (χ3n) is 4.75. The summed E-state index contributed by atoms with van der Waals surface area (Å²) < 4.78 is 0. The predicted molar refractivity (Wildman–Crippen MR) is 106 cm³/mol. The van der Waals surface area contributed by atoms with E-state index in [1.807, 2.05) is 32.0 Å². The highest BCUT2D eigenvalue weighted by Gasteiger charge is 2.30. The van der Waals surface area contributed by atoms with Crippen LogP contribution >= 0.6 is 0 Å². The van der Waals surface area contributed by atoms with Crippen LogP contribution in [0.3, 0.4) is 0 Å². The van der Waals surface area contributed by atoms with Gasteiger partial charge in [-0.25, -0.2) is 0 Å². The molecule has 1 fully saturated rings. The first kappa shape index (κ1) is 20.4. The predicted octanol–water partition coefficient (Wildman–Crippen LogP) is 3.26. The van der Waals surface area contributed by atoms with Gasteiger partial charge in [0.2, 0.25) is 11.8 Å². The molecule has 1 aliphatic carbocycles. The van der Waals surface area contributed by atoms with Crippen LogP contribution in [0.2, 0.25) is 0 Å². The van der Waals surface area contributed by atoms with Crippen LogP contribution in [0.4, 0.5) is 5.69 Å². The second-order valence-electron chi connectivity index (χ2n) is 7.85. The Kier molecular flexibility index (Phi) is 7.64. The minimum absolute atomic E-state index is 0.00850. The second kappa shape index (κ2) is 9.72. The van der Waals surface area contributed by atoms with Gasteiger partial charge in [0.05, 0.1) is 6.54 Å². The van der Waals surface area contributed by atoms with E-state index in [0.29, 0.717) is 31.5 Å². The molecule has 1 aliphatic rings. The Morgan fingerprint density at radius 3 is 2.58 bits per heavy atom. The molecule has 1 aromatic carbocycles. The number of aryl methyl sites for hydroxylation is 2. The molecule has 0 unspecified atom stereocenters. The molecule has 2 N–H and O–H groups in total. The smallest absolute Gasteiger partial charge is 0.238 e. The van der Waals surface area contributed by atoms with Crippen molar-refractivity contribution in [1.82, 2.24) is 10.2 Å². The lowest BCUT2D eigenvalue weighted by Crippen LogP contribution is -2.38. The lowest BCUT2D eigenvalue weighted by molar-refractivity contribution is -0.122. The summed E-state index contributed by atoms with van der Waals surface area (Å²) in [6.45, 7) is 10.0. The van der Waals surface area contributed by atoms with E-state index in [-0.39, 0.29) is 11.8 Å². The van der Waals surface area contributed by atoms with Crippen molar-refractivity contribution in [3.63, 3.8) is 0 Å². The first-order chi connectivity index (χ1) is 12.3. The van der Waals surface area contributed by atoms with Crippen LogP contribution in [0.15, 0.2) is 18.2 Å². The highest BCUT2D eigenvalue weighted by atomic mass is 16.2. The Balaban J connectivity index is 1.79. The molecule has 0 atom stereocenters. The van der Waals surface area contributed by atoms with Gasteiger partial charge >= 0.3 is 0 Å². The van der Waals surface area contributed by atoms with E-state index in [1.54, 1.807) is 0 Å². The Labute approximate surface area is 157 Å². The normalized spacial score (nSPS) is 13.9. The molecule has 5 heteroatoms. The fourth-order valence-corrected chi connectivity index (χ4v) is 2.91. The van der Waals surface area contributed by atoms with Gasteiger partial charge in [0, 0.05) is 31.2 Å². The molecule has 0 spiro atoms. The van der Waals surface area contributed by atoms with Crippen LogP contribution in [0.5, 0.6) is 0 Å². The van der Waals surface area contributed by atoms with Crippen LogP contribution in [-0.2, 0) is 9.59 Å². The van der Waals surface area contributed by atoms with E-state index in [9.17, 15) is 9.59 Å². The van der Waals surface area contributed by atoms with Crippen molar-refractivity contribution >= 4 is 17.5 Å². The number of rotatable bonds is 10. The zero-order valence-electron chi connectivity index (χ0n) is 16.6. The number of hydrogen-bond donors (Lipinski definition) is 2. The second-order valence-corrected chi connectivity index (χ2v) is 7.85. The van der Waals surface area contributed by atoms with Crippen LogP contribution in [-0.4, -0.2) is 42.4 Å². The van der Waals surface area contributed by atoms with E-state index in [2.05, 4.69) is 29.4 Å². The lowest BCUT2D eigenvalue weighted by Gasteiger charge is -2.21. The minimum Gasteiger partial charge on any atom is -0.356 e. The van der Waals surface area contributed by atoms with E-state index < -0.39 is 0 Å². The maximum atomic E-state index is 12.5. The van der Waals surface area contributed by atoms with Crippen molar-refractivity contribution in [2.24, 2.45) is 5.92 Å². The van der Waals surface area contributed by atoms with Gasteiger partial charge in [-0.1, -0.05) is 26.0 Å². The fourth-order valence-electron chi connectivity index (χ4n) is 2.91. The third kappa shape index (κ3) is 7.16. The van der Waals surface area contributed by atoms with Gasteiger partial charge in [-0.05, 0) is 56.2 Å². The van der Waals surface area contributed by atoms with Crippen molar-refractivity contribution in [1.29, 1.82) is 0 Å². The number of nitrogens with zero attached hydrogens (tertiary/aromatic N) is 1.